The quantitative estimate of drug-likeness (QED) is 0.257. The molecule has 0 aliphatic carbocycles. The molecule has 0 aliphatic rings. The smallest absolute Gasteiger partial charge is 0.147 e. The summed E-state index contributed by atoms with van der Waals surface area (Å²) >= 11 is 0. The van der Waals surface area contributed by atoms with E-state index in [2.05, 4.69) is 71.3 Å². The number of rotatable bonds is 2. The highest BCUT2D eigenvalue weighted by atomic mass is 16.3. The molecule has 0 atom stereocenters. The van der Waals surface area contributed by atoms with Crippen LogP contribution in [0.5, 0.6) is 0 Å². The lowest BCUT2D eigenvalue weighted by atomic mass is 9.98. The number of nitrogens with zero attached hydrogens (tertiary/aromatic N) is 2. The predicted molar refractivity (Wildman–Crippen MR) is 146 cm³/mol. The van der Waals surface area contributed by atoms with Crippen LogP contribution in [0.1, 0.15) is 5.82 Å². The van der Waals surface area contributed by atoms with Crippen LogP contribution >= 0.6 is 0 Å². The van der Waals surface area contributed by atoms with Crippen LogP contribution in [0.4, 0.5) is 0 Å². The number of aryl methyl sites for hydroxylation is 1. The van der Waals surface area contributed by atoms with Crippen LogP contribution in [0.3, 0.4) is 0 Å². The van der Waals surface area contributed by atoms with E-state index in [-0.39, 0.29) is 0 Å². The maximum absolute atomic E-state index is 6.49. The van der Waals surface area contributed by atoms with Gasteiger partial charge in [-0.2, -0.15) is 0 Å². The van der Waals surface area contributed by atoms with Crippen LogP contribution in [0.25, 0.3) is 71.7 Å². The van der Waals surface area contributed by atoms with Gasteiger partial charge in [0.05, 0.1) is 16.4 Å². The molecule has 5 aromatic carbocycles. The predicted octanol–water partition coefficient (Wildman–Crippen LogP) is 8.80. The summed E-state index contributed by atoms with van der Waals surface area (Å²) in [6, 6.07) is 35.5. The first kappa shape index (κ1) is 19.5. The summed E-state index contributed by atoms with van der Waals surface area (Å²) in [5.41, 5.74) is 8.73. The first-order valence-corrected chi connectivity index (χ1v) is 12.1. The molecule has 36 heavy (non-hydrogen) atoms. The molecule has 8 rings (SSSR count). The van der Waals surface area contributed by atoms with Gasteiger partial charge in [0, 0.05) is 27.4 Å². The fourth-order valence-corrected chi connectivity index (χ4v) is 5.56. The molecule has 0 saturated heterocycles. The van der Waals surface area contributed by atoms with Crippen molar-refractivity contribution < 1.29 is 8.83 Å². The van der Waals surface area contributed by atoms with Crippen LogP contribution in [-0.4, -0.2) is 9.55 Å². The maximum Gasteiger partial charge on any atom is 0.147 e. The third-order valence-electron chi connectivity index (χ3n) is 7.13. The molecule has 3 heterocycles. The molecule has 4 nitrogen and oxygen atoms in total. The van der Waals surface area contributed by atoms with E-state index in [9.17, 15) is 0 Å². The van der Waals surface area contributed by atoms with Gasteiger partial charge in [-0.1, -0.05) is 60.7 Å². The van der Waals surface area contributed by atoms with E-state index >= 15 is 0 Å². The fourth-order valence-electron chi connectivity index (χ4n) is 5.56. The zero-order valence-corrected chi connectivity index (χ0v) is 19.5. The third kappa shape index (κ3) is 2.61. The molecule has 0 amide bonds. The molecule has 0 saturated carbocycles. The van der Waals surface area contributed by atoms with E-state index in [0.29, 0.717) is 0 Å². The molecule has 0 fully saturated rings. The van der Waals surface area contributed by atoms with Crippen LogP contribution in [0.2, 0.25) is 0 Å². The van der Waals surface area contributed by atoms with Gasteiger partial charge in [0.15, 0.2) is 0 Å². The maximum atomic E-state index is 6.49. The lowest BCUT2D eigenvalue weighted by Crippen LogP contribution is -1.97. The van der Waals surface area contributed by atoms with Crippen LogP contribution in [0, 0.1) is 6.92 Å². The number of fused-ring (bicyclic) bond motifs is 8. The number of aromatic nitrogens is 2. The second-order valence-corrected chi connectivity index (χ2v) is 9.23. The van der Waals surface area contributed by atoms with Gasteiger partial charge in [-0.25, -0.2) is 4.98 Å². The van der Waals surface area contributed by atoms with E-state index in [1.165, 1.54) is 0 Å². The van der Waals surface area contributed by atoms with E-state index < -0.39 is 0 Å². The lowest BCUT2D eigenvalue weighted by molar-refractivity contribution is 0.663. The Kier molecular flexibility index (Phi) is 3.84. The van der Waals surface area contributed by atoms with E-state index in [4.69, 9.17) is 13.8 Å². The van der Waals surface area contributed by atoms with Crippen molar-refractivity contribution >= 4 is 54.9 Å². The van der Waals surface area contributed by atoms with Gasteiger partial charge in [0.25, 0.3) is 0 Å². The Morgan fingerprint density at radius 1 is 0.639 bits per heavy atom. The van der Waals surface area contributed by atoms with Gasteiger partial charge in [-0.3, -0.25) is 4.57 Å². The largest absolute Gasteiger partial charge is 0.455 e. The summed E-state index contributed by atoms with van der Waals surface area (Å²) in [4.78, 5) is 4.77. The molecule has 4 heteroatoms. The molecular formula is C32H20N2O2. The number of para-hydroxylation sites is 4. The molecule has 0 bridgehead atoms. The van der Waals surface area contributed by atoms with Crippen molar-refractivity contribution in [3.63, 3.8) is 0 Å². The van der Waals surface area contributed by atoms with Crippen molar-refractivity contribution in [2.75, 3.05) is 0 Å². The summed E-state index contributed by atoms with van der Waals surface area (Å²) < 4.78 is 15.1. The molecular weight excluding hydrogens is 444 g/mol. The second kappa shape index (κ2) is 7.09. The first-order chi connectivity index (χ1) is 17.8. The van der Waals surface area contributed by atoms with E-state index in [1.54, 1.807) is 0 Å². The SMILES string of the molecule is Cc1nc2ccccc2n1-c1cccc(-c2cc3c4ccccc4oc3c3c2oc2ccccc23)c1. The zero-order valence-electron chi connectivity index (χ0n) is 19.5. The number of imidazole rings is 1. The van der Waals surface area contributed by atoms with Crippen molar-refractivity contribution in [1.29, 1.82) is 0 Å². The summed E-state index contributed by atoms with van der Waals surface area (Å²) in [5, 5.41) is 4.28. The summed E-state index contributed by atoms with van der Waals surface area (Å²) in [5.74, 6) is 0.957. The van der Waals surface area contributed by atoms with Crippen molar-refractivity contribution in [2.45, 2.75) is 6.92 Å². The van der Waals surface area contributed by atoms with Gasteiger partial charge in [-0.15, -0.1) is 0 Å². The molecule has 0 aliphatic heterocycles. The van der Waals surface area contributed by atoms with Crippen LogP contribution in [-0.2, 0) is 0 Å². The molecule has 170 valence electrons. The van der Waals surface area contributed by atoms with Crippen molar-refractivity contribution in [2.24, 2.45) is 0 Å². The minimum Gasteiger partial charge on any atom is -0.455 e. The van der Waals surface area contributed by atoms with E-state index in [0.717, 1.165) is 77.5 Å². The molecule has 3 aromatic heterocycles. The highest BCUT2D eigenvalue weighted by molar-refractivity contribution is 6.25. The minimum atomic E-state index is 0.840. The highest BCUT2D eigenvalue weighted by Crippen LogP contribution is 2.44. The Morgan fingerprint density at radius 3 is 2.25 bits per heavy atom. The summed E-state index contributed by atoms with van der Waals surface area (Å²) in [7, 11) is 0. The molecule has 0 radical (unpaired) electrons. The second-order valence-electron chi connectivity index (χ2n) is 9.23. The van der Waals surface area contributed by atoms with Gasteiger partial charge < -0.3 is 8.83 Å². The lowest BCUT2D eigenvalue weighted by Gasteiger charge is -2.10. The number of furan rings is 2. The Labute approximate surface area is 206 Å². The first-order valence-electron chi connectivity index (χ1n) is 12.1. The van der Waals surface area contributed by atoms with Gasteiger partial charge in [0.1, 0.15) is 28.2 Å². The minimum absolute atomic E-state index is 0.840. The number of benzene rings is 5. The monoisotopic (exact) mass is 464 g/mol. The third-order valence-corrected chi connectivity index (χ3v) is 7.13. The number of hydrogen-bond donors (Lipinski definition) is 0. The van der Waals surface area contributed by atoms with Crippen molar-refractivity contribution in [3.05, 3.63) is 109 Å². The summed E-state index contributed by atoms with van der Waals surface area (Å²) in [6.07, 6.45) is 0. The normalized spacial score (nSPS) is 12.0. The van der Waals surface area contributed by atoms with Crippen LogP contribution in [0.15, 0.2) is 112 Å². The summed E-state index contributed by atoms with van der Waals surface area (Å²) in [6.45, 7) is 2.05. The Balaban J connectivity index is 1.47. The average molecular weight is 465 g/mol. The molecule has 0 N–H and O–H groups in total. The molecule has 0 spiro atoms. The standard InChI is InChI=1S/C32H20N2O2/c1-19-33-26-13-4-5-14-27(26)34(19)21-10-8-9-20(17-21)24-18-25-22-11-2-6-15-28(22)35-32(25)30-23-12-3-7-16-29(23)36-31(24)30/h2-18H,1H3. The molecule has 8 aromatic rings. The van der Waals surface area contributed by atoms with Crippen LogP contribution < -0.4 is 0 Å². The Hall–Kier alpha value is -4.83. The highest BCUT2D eigenvalue weighted by Gasteiger charge is 2.21. The topological polar surface area (TPSA) is 44.1 Å². The van der Waals surface area contributed by atoms with Gasteiger partial charge in [0.2, 0.25) is 0 Å². The van der Waals surface area contributed by atoms with E-state index in [1.807, 2.05) is 43.3 Å². The number of hydrogen-bond acceptors (Lipinski definition) is 3. The van der Waals surface area contributed by atoms with Crippen molar-refractivity contribution in [3.8, 4) is 16.8 Å². The molecule has 0 unspecified atom stereocenters. The van der Waals surface area contributed by atoms with Gasteiger partial charge in [-0.05, 0) is 55.0 Å². The Bertz CT molecular complexity index is 2120. The van der Waals surface area contributed by atoms with Crippen molar-refractivity contribution in [1.82, 2.24) is 9.55 Å². The zero-order chi connectivity index (χ0) is 23.8. The fraction of sp³-hybridized carbons (Fsp3) is 0.0312. The van der Waals surface area contributed by atoms with Gasteiger partial charge >= 0.3 is 0 Å². The Morgan fingerprint density at radius 2 is 1.36 bits per heavy atom. The average Bonchev–Trinajstić information content (AvgIpc) is 3.58.